The first-order valence-corrected chi connectivity index (χ1v) is 4.34. The number of phenols is 1. The van der Waals surface area contributed by atoms with E-state index in [4.69, 9.17) is 0 Å². The lowest BCUT2D eigenvalue weighted by molar-refractivity contribution is 0.475. The van der Waals surface area contributed by atoms with Crippen LogP contribution in [0.3, 0.4) is 0 Å². The first-order chi connectivity index (χ1) is 7.16. The predicted octanol–water partition coefficient (Wildman–Crippen LogP) is 1.89. The van der Waals surface area contributed by atoms with Crippen molar-refractivity contribution in [1.82, 2.24) is 4.98 Å². The summed E-state index contributed by atoms with van der Waals surface area (Å²) in [6.45, 7) is 0. The monoisotopic (exact) mass is 205 g/mol. The van der Waals surface area contributed by atoms with E-state index in [1.807, 2.05) is 0 Å². The van der Waals surface area contributed by atoms with E-state index in [2.05, 4.69) is 4.98 Å². The quantitative estimate of drug-likeness (QED) is 0.746. The molecule has 0 saturated heterocycles. The van der Waals surface area contributed by atoms with E-state index in [-0.39, 0.29) is 11.3 Å². The Morgan fingerprint density at radius 3 is 2.67 bits per heavy atom. The van der Waals surface area contributed by atoms with Gasteiger partial charge in [0, 0.05) is 23.4 Å². The van der Waals surface area contributed by atoms with Crippen LogP contribution in [0.4, 0.5) is 4.39 Å². The van der Waals surface area contributed by atoms with E-state index in [0.29, 0.717) is 11.1 Å². The highest BCUT2D eigenvalue weighted by molar-refractivity contribution is 5.69. The van der Waals surface area contributed by atoms with Crippen molar-refractivity contribution < 1.29 is 9.50 Å². The molecule has 0 bridgehead atoms. The second-order valence-electron chi connectivity index (χ2n) is 3.10. The van der Waals surface area contributed by atoms with Crippen molar-refractivity contribution in [2.45, 2.75) is 0 Å². The van der Waals surface area contributed by atoms with Crippen molar-refractivity contribution in [3.8, 4) is 16.9 Å². The van der Waals surface area contributed by atoms with Gasteiger partial charge < -0.3 is 10.1 Å². The molecule has 1 heterocycles. The minimum atomic E-state index is -0.436. The van der Waals surface area contributed by atoms with Crippen molar-refractivity contribution in [2.24, 2.45) is 0 Å². The zero-order valence-electron chi connectivity index (χ0n) is 7.70. The lowest BCUT2D eigenvalue weighted by Crippen LogP contribution is -2.01. The zero-order chi connectivity index (χ0) is 10.8. The minimum Gasteiger partial charge on any atom is -0.507 e. The Bertz CT molecular complexity index is 528. The highest BCUT2D eigenvalue weighted by Gasteiger charge is 2.05. The molecule has 1 aromatic carbocycles. The Morgan fingerprint density at radius 1 is 1.20 bits per heavy atom. The summed E-state index contributed by atoms with van der Waals surface area (Å²) in [7, 11) is 0. The van der Waals surface area contributed by atoms with Crippen molar-refractivity contribution in [3.05, 3.63) is 52.7 Å². The second-order valence-corrected chi connectivity index (χ2v) is 3.10. The highest BCUT2D eigenvalue weighted by atomic mass is 19.1. The van der Waals surface area contributed by atoms with E-state index in [0.717, 1.165) is 0 Å². The summed E-state index contributed by atoms with van der Waals surface area (Å²) in [4.78, 5) is 13.3. The molecule has 4 heteroatoms. The van der Waals surface area contributed by atoms with Gasteiger partial charge in [-0.2, -0.15) is 0 Å². The molecule has 0 fully saturated rings. The standard InChI is InChI=1S/C11H8FNO2/c12-8-2-3-10(14)9(5-8)7-1-4-11(15)13-6-7/h1-6,14H,(H,13,15). The van der Waals surface area contributed by atoms with Crippen LogP contribution >= 0.6 is 0 Å². The van der Waals surface area contributed by atoms with Crippen LogP contribution in [0.1, 0.15) is 0 Å². The Balaban J connectivity index is 2.58. The topological polar surface area (TPSA) is 53.1 Å². The van der Waals surface area contributed by atoms with Gasteiger partial charge in [0.15, 0.2) is 0 Å². The average molecular weight is 205 g/mol. The van der Waals surface area contributed by atoms with Gasteiger partial charge in [0.05, 0.1) is 0 Å². The highest BCUT2D eigenvalue weighted by Crippen LogP contribution is 2.28. The van der Waals surface area contributed by atoms with E-state index < -0.39 is 5.82 Å². The predicted molar refractivity (Wildman–Crippen MR) is 54.1 cm³/mol. The van der Waals surface area contributed by atoms with Crippen LogP contribution in [0.5, 0.6) is 5.75 Å². The number of aromatic nitrogens is 1. The van der Waals surface area contributed by atoms with Crippen LogP contribution < -0.4 is 5.56 Å². The Hall–Kier alpha value is -2.10. The van der Waals surface area contributed by atoms with Gasteiger partial charge in [0.25, 0.3) is 0 Å². The Kier molecular flexibility index (Phi) is 2.25. The van der Waals surface area contributed by atoms with E-state index in [1.165, 1.54) is 36.5 Å². The summed E-state index contributed by atoms with van der Waals surface area (Å²) in [6.07, 6.45) is 1.43. The van der Waals surface area contributed by atoms with Gasteiger partial charge in [-0.15, -0.1) is 0 Å². The fraction of sp³-hybridized carbons (Fsp3) is 0. The van der Waals surface area contributed by atoms with Gasteiger partial charge in [0.2, 0.25) is 5.56 Å². The molecule has 0 aliphatic carbocycles. The first kappa shape index (κ1) is 9.45. The molecule has 76 valence electrons. The smallest absolute Gasteiger partial charge is 0.247 e. The molecule has 0 saturated carbocycles. The summed E-state index contributed by atoms with van der Waals surface area (Å²) >= 11 is 0. The maximum absolute atomic E-state index is 12.9. The number of aromatic amines is 1. The summed E-state index contributed by atoms with van der Waals surface area (Å²) < 4.78 is 12.9. The van der Waals surface area contributed by atoms with Crippen LogP contribution in [-0.4, -0.2) is 10.1 Å². The molecule has 2 N–H and O–H groups in total. The summed E-state index contributed by atoms with van der Waals surface area (Å²) in [5.41, 5.74) is 0.674. The lowest BCUT2D eigenvalue weighted by Gasteiger charge is -2.03. The Morgan fingerprint density at radius 2 is 2.00 bits per heavy atom. The summed E-state index contributed by atoms with van der Waals surface area (Å²) in [5.74, 6) is -0.461. The van der Waals surface area contributed by atoms with E-state index in [1.54, 1.807) is 0 Å². The molecule has 1 aromatic heterocycles. The third-order valence-electron chi connectivity index (χ3n) is 2.05. The number of halogens is 1. The van der Waals surface area contributed by atoms with Crippen molar-refractivity contribution in [2.75, 3.05) is 0 Å². The molecule has 0 amide bonds. The largest absolute Gasteiger partial charge is 0.507 e. The van der Waals surface area contributed by atoms with Crippen molar-refractivity contribution in [1.29, 1.82) is 0 Å². The Labute approximate surface area is 84.8 Å². The van der Waals surface area contributed by atoms with Gasteiger partial charge in [0.1, 0.15) is 11.6 Å². The fourth-order valence-corrected chi connectivity index (χ4v) is 1.32. The van der Waals surface area contributed by atoms with Gasteiger partial charge in [-0.1, -0.05) is 0 Å². The normalized spacial score (nSPS) is 10.2. The van der Waals surface area contributed by atoms with Crippen molar-refractivity contribution in [3.63, 3.8) is 0 Å². The van der Waals surface area contributed by atoms with Crippen molar-refractivity contribution >= 4 is 0 Å². The van der Waals surface area contributed by atoms with Crippen LogP contribution in [0.15, 0.2) is 41.3 Å². The second kappa shape index (κ2) is 3.57. The molecule has 0 unspecified atom stereocenters. The molecule has 0 radical (unpaired) electrons. The SMILES string of the molecule is O=c1ccc(-c2cc(F)ccc2O)c[nH]1. The number of H-pyrrole nitrogens is 1. The van der Waals surface area contributed by atoms with Crippen LogP contribution in [-0.2, 0) is 0 Å². The maximum Gasteiger partial charge on any atom is 0.247 e. The third-order valence-corrected chi connectivity index (χ3v) is 2.05. The first-order valence-electron chi connectivity index (χ1n) is 4.34. The van der Waals surface area contributed by atoms with Gasteiger partial charge >= 0.3 is 0 Å². The average Bonchev–Trinajstić information content (AvgIpc) is 2.23. The zero-order valence-corrected chi connectivity index (χ0v) is 7.70. The number of nitrogens with one attached hydrogen (secondary N) is 1. The number of rotatable bonds is 1. The lowest BCUT2D eigenvalue weighted by atomic mass is 10.1. The number of hydrogen-bond acceptors (Lipinski definition) is 2. The number of phenolic OH excluding ortho intramolecular Hbond substituents is 1. The maximum atomic E-state index is 12.9. The van der Waals surface area contributed by atoms with Gasteiger partial charge in [-0.3, -0.25) is 4.79 Å². The number of aromatic hydroxyl groups is 1. The molecule has 0 spiro atoms. The van der Waals surface area contributed by atoms with Gasteiger partial charge in [-0.25, -0.2) is 4.39 Å². The van der Waals surface area contributed by atoms with E-state index >= 15 is 0 Å². The number of pyridine rings is 1. The minimum absolute atomic E-state index is 0.0246. The molecule has 2 rings (SSSR count). The molecular formula is C11H8FNO2. The molecule has 3 nitrogen and oxygen atoms in total. The molecular weight excluding hydrogens is 197 g/mol. The number of hydrogen-bond donors (Lipinski definition) is 2. The fourth-order valence-electron chi connectivity index (χ4n) is 1.32. The van der Waals surface area contributed by atoms with Gasteiger partial charge in [-0.05, 0) is 24.3 Å². The molecule has 0 atom stereocenters. The molecule has 0 aliphatic rings. The van der Waals surface area contributed by atoms with Crippen LogP contribution in [0, 0.1) is 5.82 Å². The molecule has 15 heavy (non-hydrogen) atoms. The van der Waals surface area contributed by atoms with Crippen LogP contribution in [0.2, 0.25) is 0 Å². The van der Waals surface area contributed by atoms with E-state index in [9.17, 15) is 14.3 Å². The summed E-state index contributed by atoms with van der Waals surface area (Å²) in [6, 6.07) is 6.50. The third kappa shape index (κ3) is 1.88. The number of benzene rings is 1. The molecule has 2 aromatic rings. The molecule has 0 aliphatic heterocycles. The van der Waals surface area contributed by atoms with Crippen LogP contribution in [0.25, 0.3) is 11.1 Å². The summed E-state index contributed by atoms with van der Waals surface area (Å²) in [5, 5.41) is 9.50.